The molecule has 0 aromatic heterocycles. The van der Waals surface area contributed by atoms with Crippen LogP contribution in [-0.4, -0.2) is 31.6 Å². The molecule has 1 aromatic rings. The van der Waals surface area contributed by atoms with Crippen molar-refractivity contribution in [2.45, 2.75) is 39.7 Å². The molecule has 1 atom stereocenters. The number of aryl methyl sites for hydroxylation is 1. The monoisotopic (exact) mass is 326 g/mol. The van der Waals surface area contributed by atoms with Crippen LogP contribution in [0, 0.1) is 12.8 Å². The number of halogens is 1. The maximum Gasteiger partial charge on any atom is 0.260 e. The Balaban J connectivity index is 0.00000242. The summed E-state index contributed by atoms with van der Waals surface area (Å²) in [5, 5.41) is 6.16. The van der Waals surface area contributed by atoms with E-state index in [2.05, 4.69) is 36.6 Å². The highest BCUT2D eigenvalue weighted by Gasteiger charge is 2.21. The van der Waals surface area contributed by atoms with E-state index in [1.54, 1.807) is 6.92 Å². The van der Waals surface area contributed by atoms with Crippen LogP contribution in [-0.2, 0) is 4.79 Å². The fourth-order valence-corrected chi connectivity index (χ4v) is 2.35. The van der Waals surface area contributed by atoms with Gasteiger partial charge in [0.25, 0.3) is 5.91 Å². The number of hydrogen-bond acceptors (Lipinski definition) is 3. The van der Waals surface area contributed by atoms with Crippen molar-refractivity contribution in [3.05, 3.63) is 29.3 Å². The van der Waals surface area contributed by atoms with Crippen LogP contribution in [0.3, 0.4) is 0 Å². The van der Waals surface area contributed by atoms with Gasteiger partial charge in [0.2, 0.25) is 0 Å². The first-order chi connectivity index (χ1) is 9.97. The van der Waals surface area contributed by atoms with Crippen molar-refractivity contribution in [2.75, 3.05) is 19.6 Å². The van der Waals surface area contributed by atoms with Crippen molar-refractivity contribution >= 4 is 18.3 Å². The number of rotatable bonds is 6. The Labute approximate surface area is 139 Å². The summed E-state index contributed by atoms with van der Waals surface area (Å²) in [5.74, 6) is 1.71. The fourth-order valence-electron chi connectivity index (χ4n) is 2.35. The molecule has 124 valence electrons. The molecule has 2 N–H and O–H groups in total. The smallest absolute Gasteiger partial charge is 0.260 e. The largest absolute Gasteiger partial charge is 0.481 e. The zero-order chi connectivity index (χ0) is 15.4. The van der Waals surface area contributed by atoms with Gasteiger partial charge in [0.15, 0.2) is 6.10 Å². The Morgan fingerprint density at radius 1 is 1.36 bits per heavy atom. The van der Waals surface area contributed by atoms with E-state index in [1.165, 1.54) is 0 Å². The number of nitrogens with one attached hydrogen (secondary N) is 2. The van der Waals surface area contributed by atoms with Gasteiger partial charge in [0.05, 0.1) is 0 Å². The van der Waals surface area contributed by atoms with Crippen LogP contribution in [0.4, 0.5) is 0 Å². The molecule has 0 bridgehead atoms. The lowest BCUT2D eigenvalue weighted by atomic mass is 10.0. The second-order valence-electron chi connectivity index (χ2n) is 6.23. The Hall–Kier alpha value is -1.26. The lowest BCUT2D eigenvalue weighted by Gasteiger charge is -2.27. The average Bonchev–Trinajstić information content (AvgIpc) is 2.36. The summed E-state index contributed by atoms with van der Waals surface area (Å²) in [7, 11) is 0. The van der Waals surface area contributed by atoms with E-state index in [0.717, 1.165) is 36.5 Å². The van der Waals surface area contributed by atoms with Gasteiger partial charge in [-0.05, 0) is 37.0 Å². The number of benzene rings is 1. The molecule has 4 nitrogen and oxygen atoms in total. The molecule has 0 aliphatic carbocycles. The van der Waals surface area contributed by atoms with E-state index in [1.807, 2.05) is 13.0 Å². The number of carbonyl (C=O) groups is 1. The molecule has 0 spiro atoms. The van der Waals surface area contributed by atoms with Gasteiger partial charge in [-0.15, -0.1) is 12.4 Å². The third-order valence-corrected chi connectivity index (χ3v) is 3.90. The molecular weight excluding hydrogens is 300 g/mol. The Kier molecular flexibility index (Phi) is 7.17. The Morgan fingerprint density at radius 3 is 2.59 bits per heavy atom. The van der Waals surface area contributed by atoms with Gasteiger partial charge in [0.1, 0.15) is 5.75 Å². The number of carbonyl (C=O) groups excluding carboxylic acids is 1. The average molecular weight is 327 g/mol. The summed E-state index contributed by atoms with van der Waals surface area (Å²) in [6.45, 7) is 10.8. The maximum atomic E-state index is 12.1. The van der Waals surface area contributed by atoms with Crippen LogP contribution in [0.2, 0.25) is 0 Å². The second kappa shape index (κ2) is 8.39. The zero-order valence-corrected chi connectivity index (χ0v) is 14.6. The molecule has 2 rings (SSSR count). The van der Waals surface area contributed by atoms with E-state index >= 15 is 0 Å². The molecule has 1 fully saturated rings. The third-order valence-electron chi connectivity index (χ3n) is 3.90. The van der Waals surface area contributed by atoms with Crippen molar-refractivity contribution in [3.8, 4) is 5.75 Å². The molecule has 1 saturated heterocycles. The molecule has 5 heteroatoms. The minimum Gasteiger partial charge on any atom is -0.481 e. The van der Waals surface area contributed by atoms with Gasteiger partial charge in [-0.3, -0.25) is 4.79 Å². The van der Waals surface area contributed by atoms with Crippen molar-refractivity contribution in [1.29, 1.82) is 0 Å². The molecule has 0 saturated carbocycles. The topological polar surface area (TPSA) is 50.4 Å². The van der Waals surface area contributed by atoms with Gasteiger partial charge >= 0.3 is 0 Å². The molecule has 0 radical (unpaired) electrons. The van der Waals surface area contributed by atoms with Crippen molar-refractivity contribution in [2.24, 2.45) is 5.92 Å². The number of amides is 1. The standard InChI is InChI=1S/C17H26N2O2.ClH/c1-11(2)15-6-5-12(3)7-16(15)21-13(4)17(20)19-10-14-8-18-9-14;/h5-7,11,13-14,18H,8-10H2,1-4H3,(H,19,20);1H. The molecule has 1 amide bonds. The summed E-state index contributed by atoms with van der Waals surface area (Å²) < 4.78 is 5.91. The normalized spacial score (nSPS) is 15.7. The molecule has 1 unspecified atom stereocenters. The molecule has 1 aliphatic heterocycles. The van der Waals surface area contributed by atoms with E-state index in [-0.39, 0.29) is 18.3 Å². The van der Waals surface area contributed by atoms with Gasteiger partial charge < -0.3 is 15.4 Å². The molecule has 22 heavy (non-hydrogen) atoms. The molecule has 1 aliphatic rings. The second-order valence-corrected chi connectivity index (χ2v) is 6.23. The van der Waals surface area contributed by atoms with Crippen LogP contribution in [0.15, 0.2) is 18.2 Å². The predicted molar refractivity (Wildman–Crippen MR) is 92.0 cm³/mol. The van der Waals surface area contributed by atoms with Crippen LogP contribution in [0.1, 0.15) is 37.8 Å². The maximum absolute atomic E-state index is 12.1. The summed E-state index contributed by atoms with van der Waals surface area (Å²) >= 11 is 0. The first-order valence-electron chi connectivity index (χ1n) is 7.73. The SMILES string of the molecule is Cc1ccc(C(C)C)c(OC(C)C(=O)NCC2CNC2)c1.Cl. The summed E-state index contributed by atoms with van der Waals surface area (Å²) in [6.07, 6.45) is -0.475. The van der Waals surface area contributed by atoms with Gasteiger partial charge in [-0.2, -0.15) is 0 Å². The first kappa shape index (κ1) is 18.8. The number of ether oxygens (including phenoxy) is 1. The molecular formula is C17H27ClN2O2. The minimum absolute atomic E-state index is 0. The van der Waals surface area contributed by atoms with Gasteiger partial charge in [0, 0.05) is 25.6 Å². The first-order valence-corrected chi connectivity index (χ1v) is 7.73. The van der Waals surface area contributed by atoms with Crippen molar-refractivity contribution in [1.82, 2.24) is 10.6 Å². The lowest BCUT2D eigenvalue weighted by Crippen LogP contribution is -2.49. The highest BCUT2D eigenvalue weighted by Crippen LogP contribution is 2.28. The summed E-state index contributed by atoms with van der Waals surface area (Å²) in [4.78, 5) is 12.1. The van der Waals surface area contributed by atoms with E-state index in [9.17, 15) is 4.79 Å². The Bertz CT molecular complexity index is 501. The lowest BCUT2D eigenvalue weighted by molar-refractivity contribution is -0.127. The predicted octanol–water partition coefficient (Wildman–Crippen LogP) is 2.64. The van der Waals surface area contributed by atoms with Crippen LogP contribution >= 0.6 is 12.4 Å². The van der Waals surface area contributed by atoms with E-state index < -0.39 is 6.10 Å². The quantitative estimate of drug-likeness (QED) is 0.845. The van der Waals surface area contributed by atoms with Gasteiger partial charge in [-0.25, -0.2) is 0 Å². The van der Waals surface area contributed by atoms with Gasteiger partial charge in [-0.1, -0.05) is 26.0 Å². The van der Waals surface area contributed by atoms with Crippen LogP contribution in [0.5, 0.6) is 5.75 Å². The van der Waals surface area contributed by atoms with Crippen LogP contribution < -0.4 is 15.4 Å². The summed E-state index contributed by atoms with van der Waals surface area (Å²) in [6, 6.07) is 6.17. The van der Waals surface area contributed by atoms with E-state index in [0.29, 0.717) is 11.8 Å². The zero-order valence-electron chi connectivity index (χ0n) is 13.8. The van der Waals surface area contributed by atoms with Crippen molar-refractivity contribution < 1.29 is 9.53 Å². The molecule has 1 aromatic carbocycles. The summed E-state index contributed by atoms with van der Waals surface area (Å²) in [5.41, 5.74) is 2.28. The highest BCUT2D eigenvalue weighted by atomic mass is 35.5. The highest BCUT2D eigenvalue weighted by molar-refractivity contribution is 5.85. The molecule has 1 heterocycles. The number of hydrogen-bond donors (Lipinski definition) is 2. The van der Waals surface area contributed by atoms with E-state index in [4.69, 9.17) is 4.74 Å². The minimum atomic E-state index is -0.475. The third kappa shape index (κ3) is 4.89. The fraction of sp³-hybridized carbons (Fsp3) is 0.588. The van der Waals surface area contributed by atoms with Crippen molar-refractivity contribution in [3.63, 3.8) is 0 Å². The Morgan fingerprint density at radius 2 is 2.05 bits per heavy atom. The van der Waals surface area contributed by atoms with Crippen LogP contribution in [0.25, 0.3) is 0 Å².